The zero-order valence-corrected chi connectivity index (χ0v) is 13.2. The molecule has 2 saturated heterocycles. The van der Waals surface area contributed by atoms with Crippen LogP contribution in [0.5, 0.6) is 0 Å². The lowest BCUT2D eigenvalue weighted by Crippen LogP contribution is -2.29. The van der Waals surface area contributed by atoms with Gasteiger partial charge in [-0.15, -0.1) is 0 Å². The number of hydrogen-bond acceptors (Lipinski definition) is 3. The second kappa shape index (κ2) is 5.67. The molecule has 2 fully saturated rings. The van der Waals surface area contributed by atoms with Crippen molar-refractivity contribution in [3.63, 3.8) is 0 Å². The first-order valence-corrected chi connectivity index (χ1v) is 8.40. The molecule has 1 N–H and O–H groups in total. The Morgan fingerprint density at radius 3 is 2.86 bits per heavy atom. The van der Waals surface area contributed by atoms with Crippen molar-refractivity contribution in [2.45, 2.75) is 24.7 Å². The Hall–Kier alpha value is -1.39. The van der Waals surface area contributed by atoms with Crippen molar-refractivity contribution >= 4 is 5.91 Å². The van der Waals surface area contributed by atoms with Crippen LogP contribution >= 0.6 is 0 Å². The minimum absolute atomic E-state index is 0.112. The first-order chi connectivity index (χ1) is 10.7. The molecular formula is C18H24N2O2. The van der Waals surface area contributed by atoms with Gasteiger partial charge in [0, 0.05) is 44.3 Å². The minimum Gasteiger partial charge on any atom is -0.381 e. The normalized spacial score (nSPS) is 29.6. The highest BCUT2D eigenvalue weighted by Crippen LogP contribution is 2.37. The Balaban J connectivity index is 1.70. The lowest BCUT2D eigenvalue weighted by atomic mass is 9.84. The maximum absolute atomic E-state index is 12.5. The Morgan fingerprint density at radius 1 is 1.23 bits per heavy atom. The van der Waals surface area contributed by atoms with Crippen LogP contribution in [0.25, 0.3) is 0 Å². The van der Waals surface area contributed by atoms with Gasteiger partial charge in [-0.05, 0) is 48.9 Å². The molecule has 4 rings (SSSR count). The van der Waals surface area contributed by atoms with E-state index in [9.17, 15) is 4.79 Å². The molecule has 1 aromatic carbocycles. The smallest absolute Gasteiger partial charge is 0.251 e. The van der Waals surface area contributed by atoms with Crippen molar-refractivity contribution in [2.24, 2.45) is 5.92 Å². The van der Waals surface area contributed by atoms with Crippen LogP contribution in [0.15, 0.2) is 18.2 Å². The summed E-state index contributed by atoms with van der Waals surface area (Å²) in [4.78, 5) is 14.9. The Labute approximate surface area is 131 Å². The number of likely N-dealkylation sites (tertiary alicyclic amines) is 1. The number of hydrogen-bond donors (Lipinski definition) is 1. The van der Waals surface area contributed by atoms with Crippen LogP contribution in [-0.2, 0) is 4.74 Å². The summed E-state index contributed by atoms with van der Waals surface area (Å²) in [6.07, 6.45) is 2.13. The largest absolute Gasteiger partial charge is 0.381 e. The molecule has 0 aliphatic carbocycles. The Kier molecular flexibility index (Phi) is 3.66. The van der Waals surface area contributed by atoms with E-state index in [-0.39, 0.29) is 5.91 Å². The highest BCUT2D eigenvalue weighted by molar-refractivity contribution is 5.96. The van der Waals surface area contributed by atoms with Gasteiger partial charge in [0.1, 0.15) is 0 Å². The van der Waals surface area contributed by atoms with E-state index < -0.39 is 0 Å². The number of nitrogens with zero attached hydrogens (tertiary/aromatic N) is 1. The summed E-state index contributed by atoms with van der Waals surface area (Å²) < 4.78 is 5.46. The zero-order valence-electron chi connectivity index (χ0n) is 13.2. The average molecular weight is 300 g/mol. The van der Waals surface area contributed by atoms with Crippen molar-refractivity contribution < 1.29 is 9.53 Å². The number of likely N-dealkylation sites (N-methyl/N-ethyl adjacent to an activating group) is 1. The molecule has 0 radical (unpaired) electrons. The predicted octanol–water partition coefficient (Wildman–Crippen LogP) is 1.97. The minimum atomic E-state index is 0.112. The van der Waals surface area contributed by atoms with Crippen molar-refractivity contribution in [3.05, 3.63) is 34.9 Å². The predicted molar refractivity (Wildman–Crippen MR) is 85.3 cm³/mol. The number of amides is 1. The van der Waals surface area contributed by atoms with Gasteiger partial charge in [-0.2, -0.15) is 0 Å². The highest BCUT2D eigenvalue weighted by atomic mass is 16.5. The summed E-state index contributed by atoms with van der Waals surface area (Å²) in [5.74, 6) is 1.69. The van der Waals surface area contributed by atoms with Crippen molar-refractivity contribution in [1.29, 1.82) is 0 Å². The van der Waals surface area contributed by atoms with Crippen LogP contribution in [0.1, 0.15) is 46.2 Å². The molecule has 1 aromatic rings. The van der Waals surface area contributed by atoms with Gasteiger partial charge >= 0.3 is 0 Å². The lowest BCUT2D eigenvalue weighted by Gasteiger charge is -2.24. The second-order valence-electron chi connectivity index (χ2n) is 7.03. The molecule has 3 aliphatic rings. The fourth-order valence-electron chi connectivity index (χ4n) is 4.34. The molecule has 118 valence electrons. The fourth-order valence-corrected chi connectivity index (χ4v) is 4.34. The van der Waals surface area contributed by atoms with Crippen LogP contribution in [0, 0.1) is 5.92 Å². The highest BCUT2D eigenvalue weighted by Gasteiger charge is 2.37. The van der Waals surface area contributed by atoms with Gasteiger partial charge in [0.2, 0.25) is 0 Å². The molecular weight excluding hydrogens is 276 g/mol. The van der Waals surface area contributed by atoms with Gasteiger partial charge in [-0.25, -0.2) is 0 Å². The van der Waals surface area contributed by atoms with E-state index in [0.717, 1.165) is 51.3 Å². The number of fused-ring (bicyclic) bond motifs is 3. The molecule has 22 heavy (non-hydrogen) atoms. The molecule has 0 spiro atoms. The number of carbonyl (C=O) groups excluding carboxylic acids is 1. The molecule has 3 aliphatic heterocycles. The standard InChI is InChI=1S/C18H24N2O2/c1-20-10-14-9-19-18(21)16-8-13(12-4-6-22-7-5-12)2-3-15(16)17(14)11-20/h2-3,8,12,14,17H,4-7,9-11H2,1H3,(H,19,21)/t14-,17-/m0/s1. The van der Waals surface area contributed by atoms with Gasteiger partial charge in [0.05, 0.1) is 0 Å². The number of ether oxygens (including phenoxy) is 1. The summed E-state index contributed by atoms with van der Waals surface area (Å²) in [5, 5.41) is 3.13. The van der Waals surface area contributed by atoms with E-state index in [1.165, 1.54) is 11.1 Å². The van der Waals surface area contributed by atoms with Crippen LogP contribution in [0.3, 0.4) is 0 Å². The molecule has 0 bridgehead atoms. The monoisotopic (exact) mass is 300 g/mol. The van der Waals surface area contributed by atoms with Gasteiger partial charge in [-0.1, -0.05) is 12.1 Å². The Morgan fingerprint density at radius 2 is 2.05 bits per heavy atom. The number of carbonyl (C=O) groups is 1. The first-order valence-electron chi connectivity index (χ1n) is 8.40. The summed E-state index contributed by atoms with van der Waals surface area (Å²) in [6.45, 7) is 4.61. The SMILES string of the molecule is CN1C[C@@H]2CNC(=O)c3cc(C4CCOCC4)ccc3[C@H]2C1. The topological polar surface area (TPSA) is 41.6 Å². The number of benzene rings is 1. The van der Waals surface area contributed by atoms with Crippen molar-refractivity contribution in [1.82, 2.24) is 10.2 Å². The van der Waals surface area contributed by atoms with Crippen LogP contribution < -0.4 is 5.32 Å². The molecule has 0 aromatic heterocycles. The summed E-state index contributed by atoms with van der Waals surface area (Å²) in [7, 11) is 2.17. The molecule has 2 atom stereocenters. The van der Waals surface area contributed by atoms with Crippen molar-refractivity contribution in [2.75, 3.05) is 39.9 Å². The lowest BCUT2D eigenvalue weighted by molar-refractivity contribution is 0.0853. The third-order valence-corrected chi connectivity index (χ3v) is 5.56. The molecule has 3 heterocycles. The molecule has 0 saturated carbocycles. The quantitative estimate of drug-likeness (QED) is 0.862. The summed E-state index contributed by atoms with van der Waals surface area (Å²) in [5.41, 5.74) is 3.47. The average Bonchev–Trinajstić information content (AvgIpc) is 2.88. The van der Waals surface area contributed by atoms with E-state index >= 15 is 0 Å². The van der Waals surface area contributed by atoms with Crippen LogP contribution in [-0.4, -0.2) is 50.7 Å². The molecule has 1 amide bonds. The van der Waals surface area contributed by atoms with E-state index in [4.69, 9.17) is 4.74 Å². The Bertz CT molecular complexity index is 580. The summed E-state index contributed by atoms with van der Waals surface area (Å²) in [6, 6.07) is 6.63. The van der Waals surface area contributed by atoms with E-state index in [0.29, 0.717) is 17.8 Å². The number of rotatable bonds is 1. The maximum Gasteiger partial charge on any atom is 0.251 e. The maximum atomic E-state index is 12.5. The van der Waals surface area contributed by atoms with Crippen molar-refractivity contribution in [3.8, 4) is 0 Å². The van der Waals surface area contributed by atoms with Crippen LogP contribution in [0.4, 0.5) is 0 Å². The molecule has 4 heteroatoms. The fraction of sp³-hybridized carbons (Fsp3) is 0.611. The molecule has 0 unspecified atom stereocenters. The third-order valence-electron chi connectivity index (χ3n) is 5.56. The van der Waals surface area contributed by atoms with E-state index in [1.54, 1.807) is 0 Å². The third kappa shape index (κ3) is 2.44. The van der Waals surface area contributed by atoms with Gasteiger partial charge in [0.15, 0.2) is 0 Å². The van der Waals surface area contributed by atoms with E-state index in [1.807, 2.05) is 0 Å². The van der Waals surface area contributed by atoms with Gasteiger partial charge in [0.25, 0.3) is 5.91 Å². The zero-order chi connectivity index (χ0) is 15.1. The second-order valence-corrected chi connectivity index (χ2v) is 7.03. The van der Waals surface area contributed by atoms with Gasteiger partial charge in [-0.3, -0.25) is 4.79 Å². The molecule has 4 nitrogen and oxygen atoms in total. The van der Waals surface area contributed by atoms with Gasteiger partial charge < -0.3 is 15.0 Å². The van der Waals surface area contributed by atoms with Crippen LogP contribution in [0.2, 0.25) is 0 Å². The number of nitrogens with one attached hydrogen (secondary N) is 1. The first kappa shape index (κ1) is 14.2. The summed E-state index contributed by atoms with van der Waals surface area (Å²) >= 11 is 0. The van der Waals surface area contributed by atoms with E-state index in [2.05, 4.69) is 35.5 Å².